The van der Waals surface area contributed by atoms with Crippen molar-refractivity contribution in [1.82, 2.24) is 0 Å². The third-order valence-electron chi connectivity index (χ3n) is 1.59. The molecule has 0 spiro atoms. The standard InChI is InChI=1S/C9H8O2S2/c10-8(12)5-6-3-1-2-4-7(6)9(11)13/h1-4H,5H2,(H,10,12)(H,11,13). The molecule has 0 unspecified atom stereocenters. The van der Waals surface area contributed by atoms with E-state index in [1.807, 2.05) is 0 Å². The second-order valence-corrected chi connectivity index (χ2v) is 3.44. The SMILES string of the molecule is O=C(S)Cc1ccccc1C(=O)S. The molecule has 0 amide bonds. The highest BCUT2D eigenvalue weighted by atomic mass is 32.1. The Kier molecular flexibility index (Phi) is 3.57. The maximum absolute atomic E-state index is 11.0. The average molecular weight is 212 g/mol. The third kappa shape index (κ3) is 2.90. The average Bonchev–Trinajstić information content (AvgIpc) is 2.03. The van der Waals surface area contributed by atoms with Crippen molar-refractivity contribution in [2.24, 2.45) is 0 Å². The number of carbonyl (C=O) groups is 2. The van der Waals surface area contributed by atoms with Crippen LogP contribution in [0.25, 0.3) is 0 Å². The number of thiol groups is 2. The van der Waals surface area contributed by atoms with Gasteiger partial charge in [0, 0.05) is 12.0 Å². The molecule has 2 nitrogen and oxygen atoms in total. The minimum atomic E-state index is -0.329. The van der Waals surface area contributed by atoms with E-state index in [0.717, 1.165) is 0 Å². The van der Waals surface area contributed by atoms with Gasteiger partial charge >= 0.3 is 0 Å². The molecule has 0 aromatic heterocycles. The highest BCUT2D eigenvalue weighted by Crippen LogP contribution is 2.12. The summed E-state index contributed by atoms with van der Waals surface area (Å²) in [5.74, 6) is 0. The van der Waals surface area contributed by atoms with Crippen molar-refractivity contribution in [1.29, 1.82) is 0 Å². The molecule has 0 bridgehead atoms. The smallest absolute Gasteiger partial charge is 0.216 e. The van der Waals surface area contributed by atoms with E-state index in [1.54, 1.807) is 24.3 Å². The lowest BCUT2D eigenvalue weighted by Crippen LogP contribution is -2.01. The van der Waals surface area contributed by atoms with Crippen LogP contribution in [0, 0.1) is 0 Å². The van der Waals surface area contributed by atoms with Gasteiger partial charge in [0.15, 0.2) is 5.12 Å². The van der Waals surface area contributed by atoms with Gasteiger partial charge in [0.05, 0.1) is 0 Å². The molecule has 0 fully saturated rings. The molecule has 0 aliphatic heterocycles. The molecule has 0 atom stereocenters. The first-order valence-corrected chi connectivity index (χ1v) is 4.53. The van der Waals surface area contributed by atoms with Crippen LogP contribution in [0.3, 0.4) is 0 Å². The molecular formula is C9H8O2S2. The first-order valence-electron chi connectivity index (χ1n) is 3.64. The summed E-state index contributed by atoms with van der Waals surface area (Å²) >= 11 is 7.35. The molecule has 1 aromatic rings. The predicted octanol–water partition coefficient (Wildman–Crippen LogP) is 1.76. The first-order chi connectivity index (χ1) is 6.11. The van der Waals surface area contributed by atoms with E-state index >= 15 is 0 Å². The summed E-state index contributed by atoms with van der Waals surface area (Å²) in [4.78, 5) is 21.7. The number of hydrogen-bond donors (Lipinski definition) is 2. The van der Waals surface area contributed by atoms with Gasteiger partial charge in [0.25, 0.3) is 0 Å². The maximum atomic E-state index is 11.0. The minimum Gasteiger partial charge on any atom is -0.287 e. The topological polar surface area (TPSA) is 34.1 Å². The molecule has 68 valence electrons. The van der Waals surface area contributed by atoms with Gasteiger partial charge in [-0.1, -0.05) is 24.3 Å². The second-order valence-electron chi connectivity index (χ2n) is 2.53. The molecule has 0 aliphatic rings. The van der Waals surface area contributed by atoms with Crippen LogP contribution in [-0.4, -0.2) is 10.2 Å². The molecule has 0 heterocycles. The zero-order valence-electron chi connectivity index (χ0n) is 6.73. The quantitative estimate of drug-likeness (QED) is 0.749. The Bertz CT molecular complexity index is 347. The maximum Gasteiger partial charge on any atom is 0.216 e. The van der Waals surface area contributed by atoms with E-state index in [1.165, 1.54) is 0 Å². The van der Waals surface area contributed by atoms with Crippen molar-refractivity contribution >= 4 is 35.5 Å². The van der Waals surface area contributed by atoms with Crippen LogP contribution in [0.15, 0.2) is 24.3 Å². The highest BCUT2D eigenvalue weighted by Gasteiger charge is 2.08. The summed E-state index contributed by atoms with van der Waals surface area (Å²) in [6, 6.07) is 6.86. The monoisotopic (exact) mass is 212 g/mol. The van der Waals surface area contributed by atoms with Crippen molar-refractivity contribution in [2.45, 2.75) is 6.42 Å². The van der Waals surface area contributed by atoms with Crippen LogP contribution in [-0.2, 0) is 11.2 Å². The van der Waals surface area contributed by atoms with E-state index in [-0.39, 0.29) is 16.7 Å². The van der Waals surface area contributed by atoms with Crippen molar-refractivity contribution in [2.75, 3.05) is 0 Å². The summed E-state index contributed by atoms with van der Waals surface area (Å²) in [6.07, 6.45) is 0.158. The molecule has 1 aromatic carbocycles. The van der Waals surface area contributed by atoms with Crippen LogP contribution >= 0.6 is 25.3 Å². The van der Waals surface area contributed by atoms with E-state index in [4.69, 9.17) is 0 Å². The molecule has 0 saturated carbocycles. The van der Waals surface area contributed by atoms with Crippen LogP contribution in [0.5, 0.6) is 0 Å². The zero-order valence-corrected chi connectivity index (χ0v) is 8.52. The Labute approximate surface area is 87.2 Å². The molecule has 0 N–H and O–H groups in total. The fourth-order valence-electron chi connectivity index (χ4n) is 1.05. The fraction of sp³-hybridized carbons (Fsp3) is 0.111. The fourth-order valence-corrected chi connectivity index (χ4v) is 1.43. The van der Waals surface area contributed by atoms with Gasteiger partial charge in [0.1, 0.15) is 0 Å². The molecule has 4 heteroatoms. The zero-order chi connectivity index (χ0) is 9.84. The second kappa shape index (κ2) is 4.48. The summed E-state index contributed by atoms with van der Waals surface area (Å²) in [7, 11) is 0. The summed E-state index contributed by atoms with van der Waals surface area (Å²) < 4.78 is 0. The Hall–Kier alpha value is -0.740. The summed E-state index contributed by atoms with van der Waals surface area (Å²) in [5.41, 5.74) is 1.13. The van der Waals surface area contributed by atoms with E-state index in [0.29, 0.717) is 11.1 Å². The summed E-state index contributed by atoms with van der Waals surface area (Å²) in [5, 5.41) is -0.591. The highest BCUT2D eigenvalue weighted by molar-refractivity contribution is 7.97. The lowest BCUT2D eigenvalue weighted by molar-refractivity contribution is -0.110. The molecular weight excluding hydrogens is 204 g/mol. The number of carbonyl (C=O) groups excluding carboxylic acids is 2. The number of hydrogen-bond acceptors (Lipinski definition) is 2. The molecule has 1 rings (SSSR count). The van der Waals surface area contributed by atoms with Gasteiger partial charge < -0.3 is 0 Å². The van der Waals surface area contributed by atoms with Crippen LogP contribution in [0.2, 0.25) is 0 Å². The van der Waals surface area contributed by atoms with Gasteiger partial charge in [-0.2, -0.15) is 0 Å². The van der Waals surface area contributed by atoms with Gasteiger partial charge in [-0.3, -0.25) is 9.59 Å². The van der Waals surface area contributed by atoms with Gasteiger partial charge in [0.2, 0.25) is 5.12 Å². The molecule has 0 radical (unpaired) electrons. The van der Waals surface area contributed by atoms with Crippen LogP contribution < -0.4 is 0 Å². The van der Waals surface area contributed by atoms with E-state index < -0.39 is 0 Å². The lowest BCUT2D eigenvalue weighted by Gasteiger charge is -2.02. The van der Waals surface area contributed by atoms with Crippen molar-refractivity contribution in [3.05, 3.63) is 35.4 Å². The van der Waals surface area contributed by atoms with E-state index in [2.05, 4.69) is 25.3 Å². The number of rotatable bonds is 3. The Morgan fingerprint density at radius 3 is 2.31 bits per heavy atom. The van der Waals surface area contributed by atoms with Crippen LogP contribution in [0.4, 0.5) is 0 Å². The normalized spacial score (nSPS) is 9.69. The predicted molar refractivity (Wildman–Crippen MR) is 57.5 cm³/mol. The van der Waals surface area contributed by atoms with Crippen molar-refractivity contribution in [3.8, 4) is 0 Å². The van der Waals surface area contributed by atoms with Crippen molar-refractivity contribution < 1.29 is 9.59 Å². The minimum absolute atomic E-state index is 0.158. The molecule has 13 heavy (non-hydrogen) atoms. The van der Waals surface area contributed by atoms with E-state index in [9.17, 15) is 9.59 Å². The van der Waals surface area contributed by atoms with Crippen molar-refractivity contribution in [3.63, 3.8) is 0 Å². The van der Waals surface area contributed by atoms with Gasteiger partial charge in [-0.05, 0) is 5.56 Å². The van der Waals surface area contributed by atoms with Gasteiger partial charge in [-0.25, -0.2) is 0 Å². The Morgan fingerprint density at radius 1 is 1.15 bits per heavy atom. The Morgan fingerprint density at radius 2 is 1.77 bits per heavy atom. The Balaban J connectivity index is 3.04. The number of benzene rings is 1. The van der Waals surface area contributed by atoms with Crippen LogP contribution in [0.1, 0.15) is 15.9 Å². The van der Waals surface area contributed by atoms with Gasteiger partial charge in [-0.15, -0.1) is 25.3 Å². The first kappa shape index (κ1) is 10.3. The lowest BCUT2D eigenvalue weighted by atomic mass is 10.1. The summed E-state index contributed by atoms with van der Waals surface area (Å²) in [6.45, 7) is 0. The molecule has 0 aliphatic carbocycles. The molecule has 0 saturated heterocycles. The largest absolute Gasteiger partial charge is 0.287 e. The third-order valence-corrected chi connectivity index (χ3v) is 1.99.